The summed E-state index contributed by atoms with van der Waals surface area (Å²) in [5, 5.41) is 12.2. The lowest BCUT2D eigenvalue weighted by atomic mass is 10.1. The number of rotatable bonds is 5. The van der Waals surface area contributed by atoms with Gasteiger partial charge < -0.3 is 15.4 Å². The summed E-state index contributed by atoms with van der Waals surface area (Å²) in [5.74, 6) is -0.379. The SMILES string of the molecule is COC(=O)c1ccccc1Cn1nc(C)c(NC(=S)Nc2ccc(Cl)cc2Cl)c1C. The lowest BCUT2D eigenvalue weighted by Gasteiger charge is -2.13. The van der Waals surface area contributed by atoms with Gasteiger partial charge in [-0.25, -0.2) is 4.79 Å². The van der Waals surface area contributed by atoms with Crippen LogP contribution in [0.4, 0.5) is 11.4 Å². The van der Waals surface area contributed by atoms with Crippen LogP contribution in [-0.4, -0.2) is 28.0 Å². The van der Waals surface area contributed by atoms with Gasteiger partial charge in [-0.3, -0.25) is 4.68 Å². The van der Waals surface area contributed by atoms with E-state index in [9.17, 15) is 4.79 Å². The molecule has 6 nitrogen and oxygen atoms in total. The predicted molar refractivity (Wildman–Crippen MR) is 125 cm³/mol. The molecule has 3 aromatic rings. The van der Waals surface area contributed by atoms with Crippen LogP contribution in [0.2, 0.25) is 10.0 Å². The topological polar surface area (TPSA) is 68.2 Å². The molecule has 0 saturated carbocycles. The van der Waals surface area contributed by atoms with Crippen molar-refractivity contribution in [2.24, 2.45) is 0 Å². The summed E-state index contributed by atoms with van der Waals surface area (Å²) in [6, 6.07) is 12.4. The fourth-order valence-corrected chi connectivity index (χ4v) is 3.69. The number of benzene rings is 2. The van der Waals surface area contributed by atoms with Gasteiger partial charge in [0, 0.05) is 5.02 Å². The highest BCUT2D eigenvalue weighted by molar-refractivity contribution is 7.80. The molecule has 0 atom stereocenters. The Morgan fingerprint density at radius 3 is 2.60 bits per heavy atom. The number of nitrogens with zero attached hydrogens (tertiary/aromatic N) is 2. The van der Waals surface area contributed by atoms with E-state index < -0.39 is 0 Å². The van der Waals surface area contributed by atoms with Crippen molar-refractivity contribution >= 4 is 57.9 Å². The number of methoxy groups -OCH3 is 1. The van der Waals surface area contributed by atoms with Crippen molar-refractivity contribution in [2.75, 3.05) is 17.7 Å². The molecular weight excluding hydrogens is 443 g/mol. The fourth-order valence-electron chi connectivity index (χ4n) is 3.02. The second-order valence-corrected chi connectivity index (χ2v) is 7.81. The molecule has 0 unspecified atom stereocenters. The summed E-state index contributed by atoms with van der Waals surface area (Å²) in [4.78, 5) is 12.0. The summed E-state index contributed by atoms with van der Waals surface area (Å²) in [5.41, 5.74) is 4.40. The zero-order chi connectivity index (χ0) is 21.8. The van der Waals surface area contributed by atoms with Crippen molar-refractivity contribution in [1.82, 2.24) is 9.78 Å². The molecule has 2 N–H and O–H groups in total. The zero-order valence-corrected chi connectivity index (χ0v) is 19.0. The number of anilines is 2. The van der Waals surface area contributed by atoms with E-state index in [0.29, 0.717) is 33.0 Å². The van der Waals surface area contributed by atoms with Gasteiger partial charge in [0.05, 0.1) is 47.0 Å². The molecule has 0 aliphatic heterocycles. The zero-order valence-electron chi connectivity index (χ0n) is 16.6. The Hall–Kier alpha value is -2.61. The van der Waals surface area contributed by atoms with Gasteiger partial charge in [-0.1, -0.05) is 41.4 Å². The number of ether oxygens (including phenoxy) is 1. The number of esters is 1. The molecule has 0 bridgehead atoms. The largest absolute Gasteiger partial charge is 0.465 e. The van der Waals surface area contributed by atoms with Gasteiger partial charge >= 0.3 is 5.97 Å². The van der Waals surface area contributed by atoms with Gasteiger partial charge in [0.25, 0.3) is 0 Å². The molecule has 0 amide bonds. The molecule has 30 heavy (non-hydrogen) atoms. The normalized spacial score (nSPS) is 10.6. The van der Waals surface area contributed by atoms with Crippen LogP contribution in [0.1, 0.15) is 27.3 Å². The molecule has 1 aromatic heterocycles. The summed E-state index contributed by atoms with van der Waals surface area (Å²) < 4.78 is 6.69. The number of hydrogen-bond donors (Lipinski definition) is 2. The van der Waals surface area contributed by atoms with Crippen molar-refractivity contribution in [2.45, 2.75) is 20.4 Å². The molecule has 0 radical (unpaired) electrons. The Bertz CT molecular complexity index is 1110. The highest BCUT2D eigenvalue weighted by Gasteiger charge is 2.17. The van der Waals surface area contributed by atoms with Crippen LogP contribution in [0.3, 0.4) is 0 Å². The number of aromatic nitrogens is 2. The smallest absolute Gasteiger partial charge is 0.338 e. The van der Waals surface area contributed by atoms with Crippen LogP contribution in [0, 0.1) is 13.8 Å². The Morgan fingerprint density at radius 1 is 1.17 bits per heavy atom. The Labute approximate surface area is 190 Å². The van der Waals surface area contributed by atoms with E-state index in [4.69, 9.17) is 40.2 Å². The molecule has 3 rings (SSSR count). The minimum Gasteiger partial charge on any atom is -0.465 e. The molecular formula is C21H20Cl2N4O2S. The average Bonchev–Trinajstić information content (AvgIpc) is 2.97. The predicted octanol–water partition coefficient (Wildman–Crippen LogP) is 5.45. The molecule has 156 valence electrons. The van der Waals surface area contributed by atoms with Crippen LogP contribution in [0.25, 0.3) is 0 Å². The lowest BCUT2D eigenvalue weighted by molar-refractivity contribution is 0.0599. The number of thiocarbonyl (C=S) groups is 1. The van der Waals surface area contributed by atoms with Crippen molar-refractivity contribution in [3.05, 3.63) is 75.0 Å². The monoisotopic (exact) mass is 462 g/mol. The maximum atomic E-state index is 12.0. The van der Waals surface area contributed by atoms with Crippen molar-refractivity contribution in [3.63, 3.8) is 0 Å². The van der Waals surface area contributed by atoms with Gasteiger partial charge in [-0.2, -0.15) is 5.10 Å². The van der Waals surface area contributed by atoms with E-state index in [2.05, 4.69) is 15.7 Å². The third-order valence-corrected chi connectivity index (χ3v) is 5.29. The van der Waals surface area contributed by atoms with E-state index in [-0.39, 0.29) is 5.97 Å². The van der Waals surface area contributed by atoms with Gasteiger partial charge in [0.2, 0.25) is 0 Å². The van der Waals surface area contributed by atoms with E-state index >= 15 is 0 Å². The van der Waals surface area contributed by atoms with Crippen LogP contribution < -0.4 is 10.6 Å². The maximum absolute atomic E-state index is 12.0. The highest BCUT2D eigenvalue weighted by atomic mass is 35.5. The van der Waals surface area contributed by atoms with Gasteiger partial charge in [0.15, 0.2) is 5.11 Å². The molecule has 0 fully saturated rings. The Balaban J connectivity index is 1.79. The van der Waals surface area contributed by atoms with Crippen LogP contribution >= 0.6 is 35.4 Å². The molecule has 0 saturated heterocycles. The van der Waals surface area contributed by atoms with Crippen LogP contribution in [0.15, 0.2) is 42.5 Å². The van der Waals surface area contributed by atoms with Crippen molar-refractivity contribution < 1.29 is 9.53 Å². The minimum absolute atomic E-state index is 0.375. The van der Waals surface area contributed by atoms with Crippen molar-refractivity contribution in [1.29, 1.82) is 0 Å². The third-order valence-electron chi connectivity index (χ3n) is 4.54. The molecule has 9 heteroatoms. The fraction of sp³-hybridized carbons (Fsp3) is 0.190. The first-order valence-corrected chi connectivity index (χ1v) is 10.2. The Morgan fingerprint density at radius 2 is 1.90 bits per heavy atom. The number of hydrogen-bond acceptors (Lipinski definition) is 4. The molecule has 0 spiro atoms. The number of nitrogens with one attached hydrogen (secondary N) is 2. The second kappa shape index (κ2) is 9.47. The van der Waals surface area contributed by atoms with E-state index in [1.165, 1.54) is 7.11 Å². The number of carbonyl (C=O) groups is 1. The second-order valence-electron chi connectivity index (χ2n) is 6.56. The van der Waals surface area contributed by atoms with Gasteiger partial charge in [-0.15, -0.1) is 0 Å². The first-order valence-electron chi connectivity index (χ1n) is 9.03. The van der Waals surface area contributed by atoms with E-state index in [0.717, 1.165) is 22.6 Å². The maximum Gasteiger partial charge on any atom is 0.338 e. The summed E-state index contributed by atoms with van der Waals surface area (Å²) >= 11 is 17.6. The van der Waals surface area contributed by atoms with Crippen LogP contribution in [0.5, 0.6) is 0 Å². The lowest BCUT2D eigenvalue weighted by Crippen LogP contribution is -2.20. The number of carbonyl (C=O) groups excluding carboxylic acids is 1. The molecule has 0 aliphatic rings. The number of aryl methyl sites for hydroxylation is 1. The average molecular weight is 463 g/mol. The third kappa shape index (κ3) is 4.92. The van der Waals surface area contributed by atoms with Crippen molar-refractivity contribution in [3.8, 4) is 0 Å². The van der Waals surface area contributed by atoms with E-state index in [1.54, 1.807) is 30.3 Å². The summed E-state index contributed by atoms with van der Waals surface area (Å²) in [6.07, 6.45) is 0. The summed E-state index contributed by atoms with van der Waals surface area (Å²) in [7, 11) is 1.37. The number of halogens is 2. The Kier molecular flexibility index (Phi) is 6.97. The highest BCUT2D eigenvalue weighted by Crippen LogP contribution is 2.26. The van der Waals surface area contributed by atoms with E-state index in [1.807, 2.05) is 30.7 Å². The first-order chi connectivity index (χ1) is 14.3. The van der Waals surface area contributed by atoms with Gasteiger partial charge in [0.1, 0.15) is 0 Å². The minimum atomic E-state index is -0.379. The standard InChI is InChI=1S/C21H20Cl2N4O2S/c1-12-19(25-21(30)24-18-9-8-15(22)10-17(18)23)13(2)27(26-12)11-14-6-4-5-7-16(14)20(28)29-3/h4-10H,11H2,1-3H3,(H2,24,25,30). The van der Waals surface area contributed by atoms with Gasteiger partial charge in [-0.05, 0) is 55.9 Å². The van der Waals surface area contributed by atoms with Crippen LogP contribution in [-0.2, 0) is 11.3 Å². The molecule has 2 aromatic carbocycles. The summed E-state index contributed by atoms with van der Waals surface area (Å²) in [6.45, 7) is 4.24. The molecule has 0 aliphatic carbocycles. The molecule has 1 heterocycles. The quantitative estimate of drug-likeness (QED) is 0.388. The first kappa shape index (κ1) is 22.1.